The third-order valence-electron chi connectivity index (χ3n) is 0.972. The van der Waals surface area contributed by atoms with E-state index in [1.165, 1.54) is 6.08 Å². The van der Waals surface area contributed by atoms with E-state index in [4.69, 9.17) is 5.26 Å². The molecule has 0 aliphatic carbocycles. The van der Waals surface area contributed by atoms with Crippen molar-refractivity contribution in [3.05, 3.63) is 30.1 Å². The number of aromatic nitrogens is 1. The number of nitrogens with zero attached hydrogens (tertiary/aromatic N) is 1. The quantitative estimate of drug-likeness (QED) is 0.558. The Bertz CT molecular complexity index is 226. The van der Waals surface area contributed by atoms with Gasteiger partial charge in [-0.25, -0.2) is 0 Å². The minimum Gasteiger partial charge on any atom is -0.367 e. The van der Waals surface area contributed by atoms with Crippen LogP contribution in [0, 0.1) is 11.3 Å². The zero-order valence-electron chi connectivity index (χ0n) is 4.83. The van der Waals surface area contributed by atoms with Gasteiger partial charge >= 0.3 is 0 Å². The molecule has 0 aliphatic heterocycles. The van der Waals surface area contributed by atoms with Crippen molar-refractivity contribution in [1.82, 2.24) is 4.98 Å². The highest BCUT2D eigenvalue weighted by molar-refractivity contribution is 5.50. The summed E-state index contributed by atoms with van der Waals surface area (Å²) >= 11 is 0. The number of hydrogen-bond donors (Lipinski definition) is 1. The van der Waals surface area contributed by atoms with Crippen LogP contribution < -0.4 is 0 Å². The zero-order valence-corrected chi connectivity index (χ0v) is 4.83. The van der Waals surface area contributed by atoms with E-state index in [1.807, 2.05) is 24.5 Å². The van der Waals surface area contributed by atoms with Crippen molar-refractivity contribution in [3.8, 4) is 6.07 Å². The Balaban J connectivity index is 2.71. The molecular formula is C7H6N2. The minimum atomic E-state index is 1.02. The average Bonchev–Trinajstić information content (AvgIpc) is 2.34. The van der Waals surface area contributed by atoms with Gasteiger partial charge in [0.2, 0.25) is 0 Å². The first-order valence-electron chi connectivity index (χ1n) is 2.62. The number of nitrogens with one attached hydrogen (secondary N) is 1. The van der Waals surface area contributed by atoms with Crippen LogP contribution in [0.15, 0.2) is 24.5 Å². The van der Waals surface area contributed by atoms with E-state index in [2.05, 4.69) is 4.98 Å². The molecule has 0 fully saturated rings. The topological polar surface area (TPSA) is 39.6 Å². The van der Waals surface area contributed by atoms with Crippen LogP contribution in [-0.2, 0) is 0 Å². The van der Waals surface area contributed by atoms with E-state index >= 15 is 0 Å². The van der Waals surface area contributed by atoms with Gasteiger partial charge in [-0.3, -0.25) is 0 Å². The van der Waals surface area contributed by atoms with Gasteiger partial charge in [-0.05, 0) is 17.7 Å². The number of rotatable bonds is 1. The summed E-state index contributed by atoms with van der Waals surface area (Å²) in [5.74, 6) is 0. The third-order valence-corrected chi connectivity index (χ3v) is 0.972. The summed E-state index contributed by atoms with van der Waals surface area (Å²) in [5.41, 5.74) is 1.02. The van der Waals surface area contributed by atoms with Gasteiger partial charge in [0.25, 0.3) is 0 Å². The van der Waals surface area contributed by atoms with Crippen molar-refractivity contribution in [3.63, 3.8) is 0 Å². The molecule has 2 heteroatoms. The van der Waals surface area contributed by atoms with E-state index in [1.54, 1.807) is 6.08 Å². The summed E-state index contributed by atoms with van der Waals surface area (Å²) in [6.45, 7) is 0. The molecule has 44 valence electrons. The summed E-state index contributed by atoms with van der Waals surface area (Å²) in [7, 11) is 0. The van der Waals surface area contributed by atoms with E-state index in [0.29, 0.717) is 0 Å². The summed E-state index contributed by atoms with van der Waals surface area (Å²) in [4.78, 5) is 2.88. The number of nitriles is 1. The molecule has 0 atom stereocenters. The Hall–Kier alpha value is -1.49. The molecule has 0 saturated carbocycles. The normalized spacial score (nSPS) is 9.67. The fourth-order valence-corrected chi connectivity index (χ4v) is 0.574. The monoisotopic (exact) mass is 118 g/mol. The van der Waals surface area contributed by atoms with Crippen LogP contribution in [0.3, 0.4) is 0 Å². The van der Waals surface area contributed by atoms with Crippen molar-refractivity contribution < 1.29 is 0 Å². The van der Waals surface area contributed by atoms with Crippen LogP contribution >= 0.6 is 0 Å². The van der Waals surface area contributed by atoms with E-state index in [-0.39, 0.29) is 0 Å². The predicted octanol–water partition coefficient (Wildman–Crippen LogP) is 1.55. The highest BCUT2D eigenvalue weighted by atomic mass is 14.6. The first-order valence-corrected chi connectivity index (χ1v) is 2.62. The van der Waals surface area contributed by atoms with Crippen LogP contribution in [0.1, 0.15) is 5.56 Å². The standard InChI is InChI=1S/C7H6N2/c8-4-1-2-7-3-5-9-6-7/h1-3,5-6,9H/b2-1+. The van der Waals surface area contributed by atoms with Gasteiger partial charge in [-0.15, -0.1) is 0 Å². The fourth-order valence-electron chi connectivity index (χ4n) is 0.574. The Kier molecular flexibility index (Phi) is 1.71. The van der Waals surface area contributed by atoms with Crippen LogP contribution in [-0.4, -0.2) is 4.98 Å². The van der Waals surface area contributed by atoms with Gasteiger partial charge in [-0.2, -0.15) is 5.26 Å². The molecule has 1 heterocycles. The Morgan fingerprint density at radius 1 is 1.67 bits per heavy atom. The lowest BCUT2D eigenvalue weighted by atomic mass is 10.3. The van der Waals surface area contributed by atoms with Gasteiger partial charge < -0.3 is 4.98 Å². The van der Waals surface area contributed by atoms with Crippen LogP contribution in [0.25, 0.3) is 6.08 Å². The lowest BCUT2D eigenvalue weighted by molar-refractivity contribution is 1.41. The summed E-state index contributed by atoms with van der Waals surface area (Å²) in [5, 5.41) is 8.12. The van der Waals surface area contributed by atoms with Crippen molar-refractivity contribution >= 4 is 6.08 Å². The molecule has 1 rings (SSSR count). The average molecular weight is 118 g/mol. The molecule has 0 aromatic carbocycles. The molecule has 0 bridgehead atoms. The number of hydrogen-bond acceptors (Lipinski definition) is 1. The smallest absolute Gasteiger partial charge is 0.0912 e. The maximum absolute atomic E-state index is 8.12. The van der Waals surface area contributed by atoms with Crippen molar-refractivity contribution in [2.24, 2.45) is 0 Å². The second-order valence-corrected chi connectivity index (χ2v) is 1.61. The summed E-state index contributed by atoms with van der Waals surface area (Å²) in [6, 6.07) is 3.81. The first kappa shape index (κ1) is 5.64. The molecule has 1 aromatic rings. The molecule has 0 saturated heterocycles. The van der Waals surface area contributed by atoms with Crippen molar-refractivity contribution in [2.75, 3.05) is 0 Å². The molecule has 0 amide bonds. The highest BCUT2D eigenvalue weighted by Gasteiger charge is 1.80. The van der Waals surface area contributed by atoms with E-state index in [0.717, 1.165) is 5.56 Å². The predicted molar refractivity (Wildman–Crippen MR) is 35.4 cm³/mol. The van der Waals surface area contributed by atoms with Crippen molar-refractivity contribution in [2.45, 2.75) is 0 Å². The maximum Gasteiger partial charge on any atom is 0.0912 e. The Labute approximate surface area is 53.4 Å². The van der Waals surface area contributed by atoms with Crippen LogP contribution in [0.2, 0.25) is 0 Å². The number of aromatic amines is 1. The lowest BCUT2D eigenvalue weighted by Crippen LogP contribution is -1.57. The summed E-state index contributed by atoms with van der Waals surface area (Å²) < 4.78 is 0. The van der Waals surface area contributed by atoms with Gasteiger partial charge in [0.1, 0.15) is 0 Å². The Morgan fingerprint density at radius 2 is 2.56 bits per heavy atom. The number of H-pyrrole nitrogens is 1. The Morgan fingerprint density at radius 3 is 3.11 bits per heavy atom. The molecule has 0 spiro atoms. The van der Waals surface area contributed by atoms with E-state index in [9.17, 15) is 0 Å². The van der Waals surface area contributed by atoms with Crippen LogP contribution in [0.5, 0.6) is 0 Å². The van der Waals surface area contributed by atoms with Gasteiger partial charge in [0, 0.05) is 18.5 Å². The van der Waals surface area contributed by atoms with Gasteiger partial charge in [0.15, 0.2) is 0 Å². The van der Waals surface area contributed by atoms with Crippen molar-refractivity contribution in [1.29, 1.82) is 5.26 Å². The largest absolute Gasteiger partial charge is 0.367 e. The molecule has 0 unspecified atom stereocenters. The molecule has 2 nitrogen and oxygen atoms in total. The molecule has 9 heavy (non-hydrogen) atoms. The zero-order chi connectivity index (χ0) is 6.53. The SMILES string of the molecule is N#C/C=C/c1cc[nH]c1. The second kappa shape index (κ2) is 2.73. The second-order valence-electron chi connectivity index (χ2n) is 1.61. The molecule has 0 aliphatic rings. The van der Waals surface area contributed by atoms with Gasteiger partial charge in [-0.1, -0.05) is 0 Å². The summed E-state index contributed by atoms with van der Waals surface area (Å²) in [6.07, 6.45) is 6.84. The number of allylic oxidation sites excluding steroid dienone is 1. The molecule has 0 radical (unpaired) electrons. The van der Waals surface area contributed by atoms with Crippen LogP contribution in [0.4, 0.5) is 0 Å². The fraction of sp³-hybridized carbons (Fsp3) is 0. The first-order chi connectivity index (χ1) is 4.43. The van der Waals surface area contributed by atoms with Gasteiger partial charge in [0.05, 0.1) is 6.07 Å². The molecule has 1 aromatic heterocycles. The highest BCUT2D eigenvalue weighted by Crippen LogP contribution is 1.97. The molecular weight excluding hydrogens is 112 g/mol. The minimum absolute atomic E-state index is 1.02. The van der Waals surface area contributed by atoms with E-state index < -0.39 is 0 Å². The maximum atomic E-state index is 8.12. The molecule has 1 N–H and O–H groups in total. The lowest BCUT2D eigenvalue weighted by Gasteiger charge is -1.74. The third kappa shape index (κ3) is 1.46.